The van der Waals surface area contributed by atoms with Crippen molar-refractivity contribution in [3.05, 3.63) is 53.1 Å². The molecular formula is C18H17N3O7. The highest BCUT2D eigenvalue weighted by atomic mass is 16.5. The second-order valence-electron chi connectivity index (χ2n) is 5.41. The first kappa shape index (κ1) is 20.5. The van der Waals surface area contributed by atoms with E-state index in [4.69, 9.17) is 4.74 Å². The molecule has 0 aliphatic heterocycles. The maximum Gasteiger partial charge on any atom is 0.359 e. The molecule has 2 aromatic rings. The predicted molar refractivity (Wildman–Crippen MR) is 94.8 cm³/mol. The minimum atomic E-state index is -0.834. The van der Waals surface area contributed by atoms with Crippen LogP contribution in [0.3, 0.4) is 0 Å². The first-order valence-electron chi connectivity index (χ1n) is 7.92. The van der Waals surface area contributed by atoms with Crippen LogP contribution in [0, 0.1) is 6.92 Å². The van der Waals surface area contributed by atoms with Gasteiger partial charge in [0.1, 0.15) is 0 Å². The van der Waals surface area contributed by atoms with Crippen LogP contribution >= 0.6 is 0 Å². The number of amides is 1. The molecule has 1 aromatic carbocycles. The van der Waals surface area contributed by atoms with Crippen LogP contribution in [0.4, 0.5) is 5.69 Å². The molecule has 0 atom stereocenters. The zero-order valence-electron chi connectivity index (χ0n) is 15.3. The van der Waals surface area contributed by atoms with Crippen LogP contribution in [-0.2, 0) is 19.0 Å². The Kier molecular flexibility index (Phi) is 6.74. The molecule has 0 spiro atoms. The van der Waals surface area contributed by atoms with Crippen LogP contribution < -0.4 is 5.32 Å². The molecular weight excluding hydrogens is 370 g/mol. The maximum absolute atomic E-state index is 12.1. The highest BCUT2D eigenvalue weighted by Gasteiger charge is 2.18. The molecule has 1 N–H and O–H groups in total. The van der Waals surface area contributed by atoms with Gasteiger partial charge in [0.15, 0.2) is 12.3 Å². The molecule has 0 aliphatic rings. The average molecular weight is 387 g/mol. The van der Waals surface area contributed by atoms with E-state index in [1.54, 1.807) is 6.92 Å². The Morgan fingerprint density at radius 2 is 1.68 bits per heavy atom. The van der Waals surface area contributed by atoms with E-state index in [9.17, 15) is 19.2 Å². The van der Waals surface area contributed by atoms with E-state index in [2.05, 4.69) is 24.8 Å². The third kappa shape index (κ3) is 5.10. The molecule has 1 heterocycles. The monoisotopic (exact) mass is 387 g/mol. The van der Waals surface area contributed by atoms with E-state index in [-0.39, 0.29) is 22.5 Å². The summed E-state index contributed by atoms with van der Waals surface area (Å²) in [5.74, 6) is -2.95. The highest BCUT2D eigenvalue weighted by Crippen LogP contribution is 2.19. The molecule has 0 fully saturated rings. The largest absolute Gasteiger partial charge is 0.465 e. The molecule has 0 saturated heterocycles. The first-order chi connectivity index (χ1) is 13.3. The van der Waals surface area contributed by atoms with Gasteiger partial charge in [-0.05, 0) is 25.1 Å². The van der Waals surface area contributed by atoms with Gasteiger partial charge in [-0.1, -0.05) is 0 Å². The quantitative estimate of drug-likeness (QED) is 0.572. The van der Waals surface area contributed by atoms with Gasteiger partial charge in [0.05, 0.1) is 42.9 Å². The Hall–Kier alpha value is -3.82. The number of aromatic nitrogens is 2. The third-order valence-corrected chi connectivity index (χ3v) is 3.44. The molecule has 146 valence electrons. The first-order valence-corrected chi connectivity index (χ1v) is 7.92. The summed E-state index contributed by atoms with van der Waals surface area (Å²) in [5.41, 5.74) is 0.694. The number of ether oxygens (including phenoxy) is 3. The van der Waals surface area contributed by atoms with Crippen molar-refractivity contribution in [1.29, 1.82) is 0 Å². The molecule has 10 nitrogen and oxygen atoms in total. The molecule has 0 bridgehead atoms. The lowest BCUT2D eigenvalue weighted by Crippen LogP contribution is -2.23. The maximum atomic E-state index is 12.1. The predicted octanol–water partition coefficient (Wildman–Crippen LogP) is 1.15. The van der Waals surface area contributed by atoms with E-state index < -0.39 is 30.4 Å². The van der Waals surface area contributed by atoms with Gasteiger partial charge < -0.3 is 19.5 Å². The van der Waals surface area contributed by atoms with Crippen LogP contribution in [0.2, 0.25) is 0 Å². The van der Waals surface area contributed by atoms with Gasteiger partial charge in [0, 0.05) is 6.20 Å². The number of hydrogen-bond acceptors (Lipinski definition) is 9. The fraction of sp³-hybridized carbons (Fsp3) is 0.222. The molecule has 0 unspecified atom stereocenters. The molecule has 1 amide bonds. The SMILES string of the molecule is COC(=O)c1ccc(C(=O)OC)c(NC(=O)COC(=O)c2cnc(C)cn2)c1. The van der Waals surface area contributed by atoms with E-state index in [0.29, 0.717) is 5.69 Å². The molecule has 0 radical (unpaired) electrons. The van der Waals surface area contributed by atoms with Crippen molar-refractivity contribution in [1.82, 2.24) is 9.97 Å². The second kappa shape index (κ2) is 9.21. The van der Waals surface area contributed by atoms with Gasteiger partial charge in [-0.25, -0.2) is 19.4 Å². The highest BCUT2D eigenvalue weighted by molar-refractivity contribution is 6.04. The summed E-state index contributed by atoms with van der Waals surface area (Å²) in [4.78, 5) is 55.3. The number of nitrogens with one attached hydrogen (secondary N) is 1. The fourth-order valence-electron chi connectivity index (χ4n) is 2.07. The summed E-state index contributed by atoms with van der Waals surface area (Å²) in [6.45, 7) is 1.06. The normalized spacial score (nSPS) is 9.96. The van der Waals surface area contributed by atoms with Crippen molar-refractivity contribution in [2.45, 2.75) is 6.92 Å². The standard InChI is InChI=1S/C18H17N3O7/c1-10-7-20-14(8-19-10)18(25)28-9-15(22)21-13-6-11(16(23)26-2)4-5-12(13)17(24)27-3/h4-8H,9H2,1-3H3,(H,21,22). The number of anilines is 1. The second-order valence-corrected chi connectivity index (χ2v) is 5.41. The van der Waals surface area contributed by atoms with Gasteiger partial charge in [-0.15, -0.1) is 0 Å². The smallest absolute Gasteiger partial charge is 0.359 e. The topological polar surface area (TPSA) is 134 Å². The van der Waals surface area contributed by atoms with Crippen molar-refractivity contribution in [3.8, 4) is 0 Å². The van der Waals surface area contributed by atoms with Crippen molar-refractivity contribution < 1.29 is 33.4 Å². The third-order valence-electron chi connectivity index (χ3n) is 3.44. The zero-order valence-corrected chi connectivity index (χ0v) is 15.3. The number of aryl methyl sites for hydroxylation is 1. The van der Waals surface area contributed by atoms with Crippen LogP contribution in [-0.4, -0.2) is 54.6 Å². The number of hydrogen-bond donors (Lipinski definition) is 1. The molecule has 2 rings (SSSR count). The van der Waals surface area contributed by atoms with Crippen LogP contribution in [0.5, 0.6) is 0 Å². The zero-order chi connectivity index (χ0) is 20.7. The number of methoxy groups -OCH3 is 2. The van der Waals surface area contributed by atoms with E-state index in [0.717, 1.165) is 0 Å². The van der Waals surface area contributed by atoms with Crippen LogP contribution in [0.1, 0.15) is 36.9 Å². The molecule has 28 heavy (non-hydrogen) atoms. The number of carbonyl (C=O) groups excluding carboxylic acids is 4. The van der Waals surface area contributed by atoms with Crippen molar-refractivity contribution in [2.24, 2.45) is 0 Å². The summed E-state index contributed by atoms with van der Waals surface area (Å²) in [5, 5.41) is 2.40. The van der Waals surface area contributed by atoms with Crippen molar-refractivity contribution >= 4 is 29.5 Å². The minimum absolute atomic E-state index is 0.00549. The minimum Gasteiger partial charge on any atom is -0.465 e. The van der Waals surface area contributed by atoms with E-state index >= 15 is 0 Å². The Morgan fingerprint density at radius 3 is 2.29 bits per heavy atom. The Labute approximate surface area is 159 Å². The van der Waals surface area contributed by atoms with Gasteiger partial charge >= 0.3 is 17.9 Å². The van der Waals surface area contributed by atoms with Crippen LogP contribution in [0.25, 0.3) is 0 Å². The van der Waals surface area contributed by atoms with Crippen molar-refractivity contribution in [2.75, 3.05) is 26.1 Å². The van der Waals surface area contributed by atoms with Crippen LogP contribution in [0.15, 0.2) is 30.6 Å². The summed E-state index contributed by atoms with van der Waals surface area (Å²) in [7, 11) is 2.37. The van der Waals surface area contributed by atoms with Gasteiger partial charge in [-0.2, -0.15) is 0 Å². The number of rotatable bonds is 6. The average Bonchev–Trinajstić information content (AvgIpc) is 2.71. The molecule has 1 aromatic heterocycles. The Bertz CT molecular complexity index is 910. The van der Waals surface area contributed by atoms with Gasteiger partial charge in [0.25, 0.3) is 5.91 Å². The molecule has 0 saturated carbocycles. The number of esters is 3. The fourth-order valence-corrected chi connectivity index (χ4v) is 2.07. The van der Waals surface area contributed by atoms with Gasteiger partial charge in [-0.3, -0.25) is 9.78 Å². The number of nitrogens with zero attached hydrogens (tertiary/aromatic N) is 2. The number of benzene rings is 1. The lowest BCUT2D eigenvalue weighted by atomic mass is 10.1. The van der Waals surface area contributed by atoms with Crippen molar-refractivity contribution in [3.63, 3.8) is 0 Å². The van der Waals surface area contributed by atoms with E-state index in [1.165, 1.54) is 44.8 Å². The van der Waals surface area contributed by atoms with E-state index in [1.807, 2.05) is 0 Å². The summed E-state index contributed by atoms with van der Waals surface area (Å²) < 4.78 is 14.1. The lowest BCUT2D eigenvalue weighted by Gasteiger charge is -2.11. The number of carbonyl (C=O) groups is 4. The summed E-state index contributed by atoms with van der Waals surface area (Å²) in [6.07, 6.45) is 2.61. The molecule has 10 heteroatoms. The summed E-state index contributed by atoms with van der Waals surface area (Å²) >= 11 is 0. The Balaban J connectivity index is 2.10. The van der Waals surface area contributed by atoms with Gasteiger partial charge in [0.2, 0.25) is 0 Å². The Morgan fingerprint density at radius 1 is 0.964 bits per heavy atom. The lowest BCUT2D eigenvalue weighted by molar-refractivity contribution is -0.119. The summed E-state index contributed by atoms with van der Waals surface area (Å²) in [6, 6.07) is 3.91. The molecule has 0 aliphatic carbocycles.